The van der Waals surface area contributed by atoms with E-state index in [0.717, 1.165) is 12.1 Å². The highest BCUT2D eigenvalue weighted by molar-refractivity contribution is 5.97. The number of amides is 1. The van der Waals surface area contributed by atoms with Gasteiger partial charge in [-0.05, 0) is 24.6 Å². The summed E-state index contributed by atoms with van der Waals surface area (Å²) in [5.41, 5.74) is 5.17. The molecule has 0 aliphatic rings. The molecule has 0 aliphatic carbocycles. The summed E-state index contributed by atoms with van der Waals surface area (Å²) in [4.78, 5) is 33.8. The highest BCUT2D eigenvalue weighted by Crippen LogP contribution is 2.12. The van der Waals surface area contributed by atoms with E-state index in [-0.39, 0.29) is 24.1 Å². The molecule has 8 heteroatoms. The Labute approximate surface area is 119 Å². The molecule has 4 N–H and O–H groups in total. The molecule has 0 saturated carbocycles. The zero-order chi connectivity index (χ0) is 16.0. The SMILES string of the molecule is COC(=O)CC[C@@H](NC(=O)c1ccc(N)cc1F)C(=O)O. The van der Waals surface area contributed by atoms with E-state index >= 15 is 0 Å². The number of nitrogens with one attached hydrogen (secondary N) is 1. The third kappa shape index (κ3) is 4.75. The Hall–Kier alpha value is -2.64. The average Bonchev–Trinajstić information content (AvgIpc) is 2.42. The number of aliphatic carboxylic acids is 1. The Balaban J connectivity index is 2.76. The number of ether oxygens (including phenoxy) is 1. The van der Waals surface area contributed by atoms with Gasteiger partial charge in [-0.1, -0.05) is 0 Å². The number of carbonyl (C=O) groups is 3. The van der Waals surface area contributed by atoms with E-state index in [9.17, 15) is 18.8 Å². The molecule has 1 aromatic rings. The topological polar surface area (TPSA) is 119 Å². The molecule has 0 radical (unpaired) electrons. The molecule has 0 heterocycles. The van der Waals surface area contributed by atoms with Crippen molar-refractivity contribution in [3.8, 4) is 0 Å². The number of anilines is 1. The molecule has 0 fully saturated rings. The lowest BCUT2D eigenvalue weighted by Crippen LogP contribution is -2.41. The molecule has 0 unspecified atom stereocenters. The van der Waals surface area contributed by atoms with Crippen LogP contribution in [0.3, 0.4) is 0 Å². The summed E-state index contributed by atoms with van der Waals surface area (Å²) in [6.45, 7) is 0. The van der Waals surface area contributed by atoms with Gasteiger partial charge in [-0.25, -0.2) is 9.18 Å². The Bertz CT molecular complexity index is 561. The highest BCUT2D eigenvalue weighted by atomic mass is 19.1. The summed E-state index contributed by atoms with van der Waals surface area (Å²) >= 11 is 0. The first-order chi connectivity index (χ1) is 9.85. The van der Waals surface area contributed by atoms with Gasteiger partial charge in [-0.3, -0.25) is 9.59 Å². The van der Waals surface area contributed by atoms with Crippen LogP contribution in [-0.2, 0) is 14.3 Å². The zero-order valence-corrected chi connectivity index (χ0v) is 11.3. The average molecular weight is 298 g/mol. The van der Waals surface area contributed by atoms with Crippen molar-refractivity contribution in [2.45, 2.75) is 18.9 Å². The quantitative estimate of drug-likeness (QED) is 0.521. The lowest BCUT2D eigenvalue weighted by molar-refractivity contribution is -0.142. The van der Waals surface area contributed by atoms with Crippen molar-refractivity contribution in [1.82, 2.24) is 5.32 Å². The summed E-state index contributed by atoms with van der Waals surface area (Å²) in [6.07, 6.45) is -0.345. The van der Waals surface area contributed by atoms with Crippen molar-refractivity contribution in [3.05, 3.63) is 29.6 Å². The van der Waals surface area contributed by atoms with Gasteiger partial charge < -0.3 is 20.9 Å². The van der Waals surface area contributed by atoms with Crippen LogP contribution in [0.1, 0.15) is 23.2 Å². The number of hydrogen-bond acceptors (Lipinski definition) is 5. The van der Waals surface area contributed by atoms with Crippen LogP contribution < -0.4 is 11.1 Å². The van der Waals surface area contributed by atoms with Gasteiger partial charge in [0, 0.05) is 12.1 Å². The maximum absolute atomic E-state index is 13.6. The van der Waals surface area contributed by atoms with Crippen LogP contribution in [0.5, 0.6) is 0 Å². The number of halogens is 1. The Morgan fingerprint density at radius 2 is 2.10 bits per heavy atom. The summed E-state index contributed by atoms with van der Waals surface area (Å²) in [5, 5.41) is 11.1. The van der Waals surface area contributed by atoms with Crippen LogP contribution >= 0.6 is 0 Å². The lowest BCUT2D eigenvalue weighted by atomic mass is 10.1. The molecule has 1 atom stereocenters. The monoisotopic (exact) mass is 298 g/mol. The number of nitrogens with two attached hydrogens (primary N) is 1. The minimum atomic E-state index is -1.33. The largest absolute Gasteiger partial charge is 0.480 e. The number of benzene rings is 1. The van der Waals surface area contributed by atoms with Gasteiger partial charge in [0.15, 0.2) is 0 Å². The van der Waals surface area contributed by atoms with Gasteiger partial charge in [0.05, 0.1) is 12.7 Å². The Morgan fingerprint density at radius 1 is 1.43 bits per heavy atom. The first kappa shape index (κ1) is 16.4. The van der Waals surface area contributed by atoms with Crippen LogP contribution in [0, 0.1) is 5.82 Å². The second-order valence-corrected chi connectivity index (χ2v) is 4.22. The van der Waals surface area contributed by atoms with Crippen molar-refractivity contribution in [1.29, 1.82) is 0 Å². The molecule has 0 spiro atoms. The van der Waals surface area contributed by atoms with Crippen molar-refractivity contribution in [3.63, 3.8) is 0 Å². The van der Waals surface area contributed by atoms with E-state index in [4.69, 9.17) is 10.8 Å². The maximum atomic E-state index is 13.6. The second kappa shape index (κ2) is 7.22. The number of nitrogen functional groups attached to an aromatic ring is 1. The van der Waals surface area contributed by atoms with Gasteiger partial charge in [0.1, 0.15) is 11.9 Å². The summed E-state index contributed by atoms with van der Waals surface area (Å²) in [5.74, 6) is -3.69. The van der Waals surface area contributed by atoms with E-state index in [2.05, 4.69) is 10.1 Å². The number of carboxylic acid groups (broad SMARTS) is 1. The van der Waals surface area contributed by atoms with Crippen molar-refractivity contribution in [2.75, 3.05) is 12.8 Å². The fourth-order valence-corrected chi connectivity index (χ4v) is 1.57. The normalized spacial score (nSPS) is 11.5. The second-order valence-electron chi connectivity index (χ2n) is 4.22. The number of carboxylic acids is 1. The van der Waals surface area contributed by atoms with Crippen LogP contribution in [0.25, 0.3) is 0 Å². The first-order valence-electron chi connectivity index (χ1n) is 6.00. The number of carbonyl (C=O) groups excluding carboxylic acids is 2. The van der Waals surface area contributed by atoms with Gasteiger partial charge in [-0.15, -0.1) is 0 Å². The van der Waals surface area contributed by atoms with Crippen molar-refractivity contribution < 1.29 is 28.6 Å². The third-order valence-electron chi connectivity index (χ3n) is 2.71. The van der Waals surface area contributed by atoms with Gasteiger partial charge >= 0.3 is 11.9 Å². The minimum absolute atomic E-state index is 0.143. The van der Waals surface area contributed by atoms with Crippen molar-refractivity contribution in [2.24, 2.45) is 0 Å². The summed E-state index contributed by atoms with van der Waals surface area (Å²) in [7, 11) is 1.17. The molecule has 0 aromatic heterocycles. The lowest BCUT2D eigenvalue weighted by Gasteiger charge is -2.14. The molecular weight excluding hydrogens is 283 g/mol. The van der Waals surface area contributed by atoms with Gasteiger partial charge in [0.25, 0.3) is 5.91 Å². The van der Waals surface area contributed by atoms with Crippen LogP contribution in [0.4, 0.5) is 10.1 Å². The zero-order valence-electron chi connectivity index (χ0n) is 11.3. The molecule has 1 aromatic carbocycles. The predicted octanol–water partition coefficient (Wildman–Crippen LogP) is 0.544. The van der Waals surface area contributed by atoms with E-state index in [1.165, 1.54) is 13.2 Å². The summed E-state index contributed by atoms with van der Waals surface area (Å²) in [6, 6.07) is 2.11. The molecule has 0 aliphatic heterocycles. The molecule has 21 heavy (non-hydrogen) atoms. The molecule has 7 nitrogen and oxygen atoms in total. The van der Waals surface area contributed by atoms with E-state index in [1.807, 2.05) is 0 Å². The number of esters is 1. The fraction of sp³-hybridized carbons (Fsp3) is 0.308. The number of rotatable bonds is 6. The van der Waals surface area contributed by atoms with E-state index in [0.29, 0.717) is 0 Å². The maximum Gasteiger partial charge on any atom is 0.326 e. The number of hydrogen-bond donors (Lipinski definition) is 3. The molecule has 114 valence electrons. The standard InChI is InChI=1S/C13H15FN2O5/c1-21-11(17)5-4-10(13(19)20)16-12(18)8-3-2-7(15)6-9(8)14/h2-3,6,10H,4-5,15H2,1H3,(H,16,18)(H,19,20)/t10-/m1/s1. The predicted molar refractivity (Wildman–Crippen MR) is 71.0 cm³/mol. The molecule has 1 amide bonds. The Kier molecular flexibility index (Phi) is 5.65. The molecular formula is C13H15FN2O5. The Morgan fingerprint density at radius 3 is 2.62 bits per heavy atom. The van der Waals surface area contributed by atoms with Crippen molar-refractivity contribution >= 4 is 23.5 Å². The van der Waals surface area contributed by atoms with Gasteiger partial charge in [0.2, 0.25) is 0 Å². The first-order valence-corrected chi connectivity index (χ1v) is 6.00. The van der Waals surface area contributed by atoms with Crippen LogP contribution in [0.2, 0.25) is 0 Å². The van der Waals surface area contributed by atoms with E-state index < -0.39 is 29.7 Å². The van der Waals surface area contributed by atoms with Crippen LogP contribution in [-0.4, -0.2) is 36.1 Å². The number of methoxy groups -OCH3 is 1. The minimum Gasteiger partial charge on any atom is -0.480 e. The van der Waals surface area contributed by atoms with Gasteiger partial charge in [-0.2, -0.15) is 0 Å². The third-order valence-corrected chi connectivity index (χ3v) is 2.71. The smallest absolute Gasteiger partial charge is 0.326 e. The summed E-state index contributed by atoms with van der Waals surface area (Å²) < 4.78 is 17.9. The highest BCUT2D eigenvalue weighted by Gasteiger charge is 2.23. The van der Waals surface area contributed by atoms with Crippen LogP contribution in [0.15, 0.2) is 18.2 Å². The molecule has 1 rings (SSSR count). The fourth-order valence-electron chi connectivity index (χ4n) is 1.57. The molecule has 0 saturated heterocycles. The van der Waals surface area contributed by atoms with E-state index in [1.54, 1.807) is 0 Å². The molecule has 0 bridgehead atoms.